The van der Waals surface area contributed by atoms with E-state index in [2.05, 4.69) is 4.72 Å². The van der Waals surface area contributed by atoms with E-state index in [4.69, 9.17) is 0 Å². The lowest BCUT2D eigenvalue weighted by Crippen LogP contribution is -2.26. The number of nitrogens with one attached hydrogen (secondary N) is 1. The number of aryl methyl sites for hydroxylation is 1. The normalized spacial score (nSPS) is 12.5. The summed E-state index contributed by atoms with van der Waals surface area (Å²) in [5, 5.41) is 0. The highest BCUT2D eigenvalue weighted by atomic mass is 32.2. The van der Waals surface area contributed by atoms with Crippen LogP contribution in [0.4, 0.5) is 4.39 Å². The second-order valence-electron chi connectivity index (χ2n) is 5.06. The summed E-state index contributed by atoms with van der Waals surface area (Å²) in [7, 11) is -6.52. The fourth-order valence-corrected chi connectivity index (χ4v) is 3.58. The van der Waals surface area contributed by atoms with Gasteiger partial charge in [0, 0.05) is 18.6 Å². The van der Waals surface area contributed by atoms with E-state index < -0.39 is 19.9 Å². The smallest absolute Gasteiger partial charge is 0.211 e. The first-order valence-electron chi connectivity index (χ1n) is 6.49. The van der Waals surface area contributed by atoms with Crippen LogP contribution < -0.4 is 4.72 Å². The Kier molecular flexibility index (Phi) is 6.30. The minimum atomic E-state index is -3.46. The van der Waals surface area contributed by atoms with Gasteiger partial charge in [-0.3, -0.25) is 0 Å². The average Bonchev–Trinajstić information content (AvgIpc) is 2.35. The van der Waals surface area contributed by atoms with E-state index in [9.17, 15) is 21.2 Å². The standard InChI is InChI=1S/C13H20FNO4S2/c1-11-9-12(5-6-13(11)14)10-15-21(18,19)8-4-3-7-20(2,16)17/h5-6,9,15H,3-4,7-8,10H2,1-2H3. The van der Waals surface area contributed by atoms with Gasteiger partial charge in [-0.2, -0.15) is 0 Å². The van der Waals surface area contributed by atoms with Gasteiger partial charge in [0.05, 0.1) is 5.75 Å². The predicted octanol–water partition coefficient (Wildman–Crippen LogP) is 1.38. The minimum absolute atomic E-state index is 0.0142. The molecule has 0 aliphatic carbocycles. The van der Waals surface area contributed by atoms with E-state index in [1.165, 1.54) is 12.1 Å². The zero-order chi connectivity index (χ0) is 16.1. The van der Waals surface area contributed by atoms with E-state index in [1.807, 2.05) is 0 Å². The molecular formula is C13H20FNO4S2. The van der Waals surface area contributed by atoms with Gasteiger partial charge in [-0.1, -0.05) is 12.1 Å². The summed E-state index contributed by atoms with van der Waals surface area (Å²) in [5.74, 6) is -0.468. The Bertz CT molecular complexity index is 684. The number of sulfonamides is 1. The van der Waals surface area contributed by atoms with Crippen molar-refractivity contribution in [3.8, 4) is 0 Å². The fraction of sp³-hybridized carbons (Fsp3) is 0.538. The van der Waals surface area contributed by atoms with Crippen LogP contribution >= 0.6 is 0 Å². The molecule has 1 rings (SSSR count). The van der Waals surface area contributed by atoms with Gasteiger partial charge in [0.2, 0.25) is 10.0 Å². The highest BCUT2D eigenvalue weighted by molar-refractivity contribution is 7.90. The zero-order valence-electron chi connectivity index (χ0n) is 12.1. The molecule has 120 valence electrons. The third kappa shape index (κ3) is 7.54. The van der Waals surface area contributed by atoms with Crippen molar-refractivity contribution in [3.63, 3.8) is 0 Å². The van der Waals surface area contributed by atoms with Crippen LogP contribution in [0.1, 0.15) is 24.0 Å². The Balaban J connectivity index is 2.44. The maximum absolute atomic E-state index is 13.1. The topological polar surface area (TPSA) is 80.3 Å². The van der Waals surface area contributed by atoms with Gasteiger partial charge in [-0.15, -0.1) is 0 Å². The first-order valence-corrected chi connectivity index (χ1v) is 10.2. The number of hydrogen-bond acceptors (Lipinski definition) is 4. The fourth-order valence-electron chi connectivity index (χ4n) is 1.74. The molecular weight excluding hydrogens is 317 g/mol. The molecule has 0 spiro atoms. The van der Waals surface area contributed by atoms with Crippen molar-refractivity contribution in [2.24, 2.45) is 0 Å². The Morgan fingerprint density at radius 2 is 1.71 bits per heavy atom. The molecule has 0 radical (unpaired) electrons. The summed E-state index contributed by atoms with van der Waals surface area (Å²) < 4.78 is 60.9. The summed E-state index contributed by atoms with van der Waals surface area (Å²) in [4.78, 5) is 0. The third-order valence-corrected chi connectivity index (χ3v) is 5.34. The lowest BCUT2D eigenvalue weighted by atomic mass is 10.1. The van der Waals surface area contributed by atoms with E-state index in [0.29, 0.717) is 17.5 Å². The SMILES string of the molecule is Cc1cc(CNS(=O)(=O)CCCCS(C)(=O)=O)ccc1F. The monoisotopic (exact) mass is 337 g/mol. The molecule has 1 aromatic rings. The molecule has 5 nitrogen and oxygen atoms in total. The van der Waals surface area contributed by atoms with Crippen LogP contribution in [0.15, 0.2) is 18.2 Å². The first kappa shape index (κ1) is 18.1. The number of unbranched alkanes of at least 4 members (excludes halogenated alkanes) is 1. The minimum Gasteiger partial charge on any atom is -0.229 e. The van der Waals surface area contributed by atoms with Gasteiger partial charge in [-0.25, -0.2) is 25.9 Å². The Morgan fingerprint density at radius 3 is 2.29 bits per heavy atom. The summed E-state index contributed by atoms with van der Waals surface area (Å²) in [6, 6.07) is 4.40. The van der Waals surface area contributed by atoms with Crippen molar-refractivity contribution in [2.45, 2.75) is 26.3 Å². The maximum Gasteiger partial charge on any atom is 0.211 e. The summed E-state index contributed by atoms with van der Waals surface area (Å²) >= 11 is 0. The highest BCUT2D eigenvalue weighted by Gasteiger charge is 2.11. The quantitative estimate of drug-likeness (QED) is 0.727. The molecule has 0 heterocycles. The second kappa shape index (κ2) is 7.33. The third-order valence-electron chi connectivity index (χ3n) is 2.90. The van der Waals surface area contributed by atoms with Gasteiger partial charge in [0.1, 0.15) is 15.7 Å². The molecule has 1 N–H and O–H groups in total. The molecule has 0 aliphatic heterocycles. The van der Waals surface area contributed by atoms with E-state index in [0.717, 1.165) is 6.26 Å². The molecule has 0 bridgehead atoms. The van der Waals surface area contributed by atoms with Crippen LogP contribution in [0.3, 0.4) is 0 Å². The zero-order valence-corrected chi connectivity index (χ0v) is 13.7. The molecule has 8 heteroatoms. The van der Waals surface area contributed by atoms with Crippen LogP contribution in [0.5, 0.6) is 0 Å². The lowest BCUT2D eigenvalue weighted by Gasteiger charge is -2.07. The molecule has 21 heavy (non-hydrogen) atoms. The van der Waals surface area contributed by atoms with E-state index in [1.54, 1.807) is 13.0 Å². The van der Waals surface area contributed by atoms with Crippen molar-refractivity contribution in [2.75, 3.05) is 17.8 Å². The van der Waals surface area contributed by atoms with Gasteiger partial charge in [0.25, 0.3) is 0 Å². The maximum atomic E-state index is 13.1. The number of rotatable bonds is 8. The Labute approximate surface area is 125 Å². The summed E-state index contributed by atoms with van der Waals surface area (Å²) in [6.45, 7) is 1.70. The molecule has 0 fully saturated rings. The molecule has 0 saturated carbocycles. The summed E-state index contributed by atoms with van der Waals surface area (Å²) in [5.41, 5.74) is 1.13. The van der Waals surface area contributed by atoms with Gasteiger partial charge < -0.3 is 0 Å². The summed E-state index contributed by atoms with van der Waals surface area (Å²) in [6.07, 6.45) is 1.72. The number of halogens is 1. The molecule has 0 saturated heterocycles. The number of benzene rings is 1. The van der Waals surface area contributed by atoms with Crippen LogP contribution in [0, 0.1) is 12.7 Å². The number of hydrogen-bond donors (Lipinski definition) is 1. The molecule has 0 aliphatic rings. The van der Waals surface area contributed by atoms with Crippen molar-refractivity contribution in [1.82, 2.24) is 4.72 Å². The van der Waals surface area contributed by atoms with Crippen molar-refractivity contribution < 1.29 is 21.2 Å². The molecule has 0 unspecified atom stereocenters. The van der Waals surface area contributed by atoms with Crippen molar-refractivity contribution in [1.29, 1.82) is 0 Å². The van der Waals surface area contributed by atoms with Gasteiger partial charge in [-0.05, 0) is 37.0 Å². The van der Waals surface area contributed by atoms with Crippen LogP contribution in [0.2, 0.25) is 0 Å². The van der Waals surface area contributed by atoms with Gasteiger partial charge in [0.15, 0.2) is 0 Å². The van der Waals surface area contributed by atoms with Crippen LogP contribution in [-0.4, -0.2) is 34.6 Å². The van der Waals surface area contributed by atoms with Gasteiger partial charge >= 0.3 is 0 Å². The molecule has 0 atom stereocenters. The van der Waals surface area contributed by atoms with Crippen LogP contribution in [-0.2, 0) is 26.4 Å². The predicted molar refractivity (Wildman–Crippen MR) is 80.7 cm³/mol. The van der Waals surface area contributed by atoms with Crippen molar-refractivity contribution >= 4 is 19.9 Å². The van der Waals surface area contributed by atoms with Crippen molar-refractivity contribution in [3.05, 3.63) is 35.1 Å². The second-order valence-corrected chi connectivity index (χ2v) is 9.25. The Morgan fingerprint density at radius 1 is 1.10 bits per heavy atom. The molecule has 0 amide bonds. The average molecular weight is 337 g/mol. The van der Waals surface area contributed by atoms with E-state index >= 15 is 0 Å². The lowest BCUT2D eigenvalue weighted by molar-refractivity contribution is 0.575. The molecule has 0 aromatic heterocycles. The van der Waals surface area contributed by atoms with Crippen LogP contribution in [0.25, 0.3) is 0 Å². The first-order chi connectivity index (χ1) is 9.59. The number of sulfone groups is 1. The molecule has 1 aromatic carbocycles. The largest absolute Gasteiger partial charge is 0.229 e. The highest BCUT2D eigenvalue weighted by Crippen LogP contribution is 2.09. The van der Waals surface area contributed by atoms with E-state index in [-0.39, 0.29) is 30.3 Å². The Hall–Kier alpha value is -0.990.